The maximum absolute atomic E-state index is 12.1. The number of carbonyl (C=O) groups excluding carboxylic acids is 1. The highest BCUT2D eigenvalue weighted by Gasteiger charge is 2.15. The van der Waals surface area contributed by atoms with Gasteiger partial charge in [-0.25, -0.2) is 0 Å². The molecule has 0 aromatic heterocycles. The monoisotopic (exact) mass is 339 g/mol. The van der Waals surface area contributed by atoms with Gasteiger partial charge < -0.3 is 14.8 Å². The molecule has 1 amide bonds. The fraction of sp³-hybridized carbons (Fsp3) is 0.188. The molecule has 0 aliphatic rings. The number of ether oxygens (including phenoxy) is 2. The van der Waals surface area contributed by atoms with Crippen LogP contribution in [0.4, 0.5) is 5.69 Å². The summed E-state index contributed by atoms with van der Waals surface area (Å²) in [4.78, 5) is 12.1. The minimum atomic E-state index is -0.665. The molecule has 0 saturated carbocycles. The van der Waals surface area contributed by atoms with Gasteiger partial charge in [-0.2, -0.15) is 0 Å². The zero-order valence-electron chi connectivity index (χ0n) is 12.1. The summed E-state index contributed by atoms with van der Waals surface area (Å²) in [7, 11) is 1.53. The molecule has 6 heteroatoms. The van der Waals surface area contributed by atoms with Crippen molar-refractivity contribution in [3.05, 3.63) is 52.5 Å². The number of rotatable bonds is 5. The van der Waals surface area contributed by atoms with Gasteiger partial charge in [-0.15, -0.1) is 0 Å². The molecule has 1 atom stereocenters. The van der Waals surface area contributed by atoms with E-state index in [2.05, 4.69) is 5.32 Å². The minimum Gasteiger partial charge on any atom is -0.495 e. The highest BCUT2D eigenvalue weighted by molar-refractivity contribution is 6.32. The molecule has 2 aromatic carbocycles. The average Bonchev–Trinajstić information content (AvgIpc) is 2.49. The molecule has 116 valence electrons. The maximum atomic E-state index is 12.1. The summed E-state index contributed by atoms with van der Waals surface area (Å²) >= 11 is 11.8. The number of amides is 1. The Balaban J connectivity index is 1.99. The van der Waals surface area contributed by atoms with Crippen LogP contribution in [0.3, 0.4) is 0 Å². The Bertz CT molecular complexity index is 659. The van der Waals surface area contributed by atoms with Crippen LogP contribution in [0.2, 0.25) is 10.0 Å². The lowest BCUT2D eigenvalue weighted by molar-refractivity contribution is -0.122. The Morgan fingerprint density at radius 3 is 2.41 bits per heavy atom. The highest BCUT2D eigenvalue weighted by atomic mass is 35.5. The summed E-state index contributed by atoms with van der Waals surface area (Å²) in [5, 5.41) is 3.77. The van der Waals surface area contributed by atoms with Gasteiger partial charge in [0.2, 0.25) is 0 Å². The van der Waals surface area contributed by atoms with Gasteiger partial charge in [0.05, 0.1) is 12.1 Å². The van der Waals surface area contributed by atoms with Gasteiger partial charge in [-0.3, -0.25) is 4.79 Å². The second kappa shape index (κ2) is 7.38. The third-order valence-corrected chi connectivity index (χ3v) is 3.46. The molecule has 22 heavy (non-hydrogen) atoms. The van der Waals surface area contributed by atoms with Crippen LogP contribution in [-0.2, 0) is 4.79 Å². The van der Waals surface area contributed by atoms with E-state index in [0.717, 1.165) is 0 Å². The molecule has 1 N–H and O–H groups in total. The van der Waals surface area contributed by atoms with E-state index in [4.69, 9.17) is 32.7 Å². The number of halogens is 2. The molecule has 4 nitrogen and oxygen atoms in total. The standard InChI is InChI=1S/C16H15Cl2NO3/c1-10(22-13-6-3-11(17)4-7-13)16(20)19-12-5-8-15(21-2)14(18)9-12/h3-10H,1-2H3,(H,19,20)/t10-/m0/s1. The van der Waals surface area contributed by atoms with Crippen LogP contribution in [0, 0.1) is 0 Å². The Kier molecular flexibility index (Phi) is 5.52. The van der Waals surface area contributed by atoms with Crippen LogP contribution < -0.4 is 14.8 Å². The van der Waals surface area contributed by atoms with Crippen molar-refractivity contribution in [1.29, 1.82) is 0 Å². The Hall–Kier alpha value is -1.91. The molecule has 0 unspecified atom stereocenters. The van der Waals surface area contributed by atoms with E-state index in [0.29, 0.717) is 27.2 Å². The van der Waals surface area contributed by atoms with Crippen molar-refractivity contribution in [2.24, 2.45) is 0 Å². The summed E-state index contributed by atoms with van der Waals surface area (Å²) < 4.78 is 10.6. The quantitative estimate of drug-likeness (QED) is 0.877. The first kappa shape index (κ1) is 16.5. The van der Waals surface area contributed by atoms with Crippen LogP contribution in [0.25, 0.3) is 0 Å². The van der Waals surface area contributed by atoms with Crippen molar-refractivity contribution in [1.82, 2.24) is 0 Å². The van der Waals surface area contributed by atoms with E-state index >= 15 is 0 Å². The van der Waals surface area contributed by atoms with Crippen molar-refractivity contribution in [3.63, 3.8) is 0 Å². The number of methoxy groups -OCH3 is 1. The smallest absolute Gasteiger partial charge is 0.265 e. The highest BCUT2D eigenvalue weighted by Crippen LogP contribution is 2.27. The normalized spacial score (nSPS) is 11.6. The number of hydrogen-bond donors (Lipinski definition) is 1. The van der Waals surface area contributed by atoms with Crippen molar-refractivity contribution in [3.8, 4) is 11.5 Å². The lowest BCUT2D eigenvalue weighted by Crippen LogP contribution is -2.30. The van der Waals surface area contributed by atoms with E-state index in [1.165, 1.54) is 7.11 Å². The Labute approximate surface area is 138 Å². The molecule has 0 aliphatic heterocycles. The maximum Gasteiger partial charge on any atom is 0.265 e. The number of nitrogens with one attached hydrogen (secondary N) is 1. The first-order valence-electron chi connectivity index (χ1n) is 6.56. The third-order valence-electron chi connectivity index (χ3n) is 2.92. The van der Waals surface area contributed by atoms with Gasteiger partial charge in [0.15, 0.2) is 6.10 Å². The molecular weight excluding hydrogens is 325 g/mol. The van der Waals surface area contributed by atoms with Crippen LogP contribution >= 0.6 is 23.2 Å². The predicted octanol–water partition coefficient (Wildman–Crippen LogP) is 4.41. The topological polar surface area (TPSA) is 47.6 Å². The molecule has 2 aromatic rings. The Morgan fingerprint density at radius 1 is 1.14 bits per heavy atom. The minimum absolute atomic E-state index is 0.281. The van der Waals surface area contributed by atoms with Gasteiger partial charge in [0, 0.05) is 10.7 Å². The van der Waals surface area contributed by atoms with Crippen LogP contribution in [-0.4, -0.2) is 19.1 Å². The molecule has 0 saturated heterocycles. The molecule has 0 fully saturated rings. The SMILES string of the molecule is COc1ccc(NC(=O)[C@H](C)Oc2ccc(Cl)cc2)cc1Cl. The molecule has 0 bridgehead atoms. The molecule has 0 aliphatic carbocycles. The fourth-order valence-electron chi connectivity index (χ4n) is 1.76. The Morgan fingerprint density at radius 2 is 1.82 bits per heavy atom. The number of benzene rings is 2. The summed E-state index contributed by atoms with van der Waals surface area (Å²) in [5.41, 5.74) is 0.572. The van der Waals surface area contributed by atoms with E-state index in [-0.39, 0.29) is 5.91 Å². The number of hydrogen-bond acceptors (Lipinski definition) is 3. The lowest BCUT2D eigenvalue weighted by Gasteiger charge is -2.15. The van der Waals surface area contributed by atoms with Crippen LogP contribution in [0.1, 0.15) is 6.92 Å². The molecule has 0 spiro atoms. The number of anilines is 1. The zero-order valence-corrected chi connectivity index (χ0v) is 13.6. The van der Waals surface area contributed by atoms with Crippen molar-refractivity contribution in [2.75, 3.05) is 12.4 Å². The second-order valence-electron chi connectivity index (χ2n) is 4.55. The summed E-state index contributed by atoms with van der Waals surface area (Å²) in [6.45, 7) is 1.66. The largest absolute Gasteiger partial charge is 0.495 e. The average molecular weight is 340 g/mol. The molecule has 0 radical (unpaired) electrons. The van der Waals surface area contributed by atoms with E-state index in [1.54, 1.807) is 49.4 Å². The van der Waals surface area contributed by atoms with Gasteiger partial charge >= 0.3 is 0 Å². The van der Waals surface area contributed by atoms with Gasteiger partial charge in [0.25, 0.3) is 5.91 Å². The fourth-order valence-corrected chi connectivity index (χ4v) is 2.14. The van der Waals surface area contributed by atoms with Crippen LogP contribution in [0.5, 0.6) is 11.5 Å². The van der Waals surface area contributed by atoms with Gasteiger partial charge in [-0.05, 0) is 49.4 Å². The van der Waals surface area contributed by atoms with Gasteiger partial charge in [-0.1, -0.05) is 23.2 Å². The summed E-state index contributed by atoms with van der Waals surface area (Å²) in [6.07, 6.45) is -0.665. The van der Waals surface area contributed by atoms with Crippen molar-refractivity contribution >= 4 is 34.8 Å². The number of carbonyl (C=O) groups is 1. The first-order chi connectivity index (χ1) is 10.5. The summed E-state index contributed by atoms with van der Waals surface area (Å²) in [5.74, 6) is 0.834. The van der Waals surface area contributed by atoms with Gasteiger partial charge in [0.1, 0.15) is 11.5 Å². The molecule has 2 rings (SSSR count). The van der Waals surface area contributed by atoms with Crippen molar-refractivity contribution in [2.45, 2.75) is 13.0 Å². The second-order valence-corrected chi connectivity index (χ2v) is 5.40. The predicted molar refractivity (Wildman–Crippen MR) is 88.2 cm³/mol. The van der Waals surface area contributed by atoms with Crippen molar-refractivity contribution < 1.29 is 14.3 Å². The lowest BCUT2D eigenvalue weighted by atomic mass is 10.2. The van der Waals surface area contributed by atoms with E-state index in [1.807, 2.05) is 0 Å². The van der Waals surface area contributed by atoms with E-state index in [9.17, 15) is 4.79 Å². The third kappa shape index (κ3) is 4.29. The van der Waals surface area contributed by atoms with Crippen LogP contribution in [0.15, 0.2) is 42.5 Å². The first-order valence-corrected chi connectivity index (χ1v) is 7.32. The molecular formula is C16H15Cl2NO3. The van der Waals surface area contributed by atoms with E-state index < -0.39 is 6.10 Å². The zero-order chi connectivity index (χ0) is 16.1. The summed E-state index contributed by atoms with van der Waals surface area (Å²) in [6, 6.07) is 11.8. The molecule has 0 heterocycles.